The van der Waals surface area contributed by atoms with Gasteiger partial charge in [-0.3, -0.25) is 43.2 Å². The van der Waals surface area contributed by atoms with E-state index in [1.54, 1.807) is 60.4 Å². The Labute approximate surface area is 537 Å². The number of aliphatic carboxylic acids is 2. The number of imidazole rings is 1. The van der Waals surface area contributed by atoms with Gasteiger partial charge in [-0.2, -0.15) is 9.82 Å². The van der Waals surface area contributed by atoms with Crippen LogP contribution in [0.5, 0.6) is 5.75 Å². The molecule has 11 N–H and O–H groups in total. The van der Waals surface area contributed by atoms with Crippen molar-refractivity contribution < 1.29 is 90.9 Å². The van der Waals surface area contributed by atoms with Gasteiger partial charge in [0.2, 0.25) is 27.7 Å². The number of ether oxygens (including phenoxy) is 4. The standard InChI is InChI=1S/C57H88N14O19S2/c1-4-67-18-19-69(39-51(74)75)21-20-68(23-25-70(24-22-67)57(80)81)38-50(73)65-47(40-91-90-89-82)54(77)59-14-8-27-86-30-32-87-31-29-85-26-7-13-58-49(72)9-5-28-88-45-33-41(2)52(42(3)34-45)92(83,84)66-46(55(78)79)37-63-53(76)43-10-11-48-44(35-43)36-64-71(48)17-6-12-60-56-61-15-16-62-56/h10-11,15-16,33-36,46-47,66,82H,4-9,12-14,17-32,37-40H2,1-3H3,(H,58,72)(H,59,77)(H,63,76)(H,65,73)(H,74,75)(H,78,79)(H,80,81)(H2,60,61,62)/t46-,47+/m0/s1. The van der Waals surface area contributed by atoms with Gasteiger partial charge in [0.15, 0.2) is 5.95 Å². The lowest BCUT2D eigenvalue weighted by atomic mass is 10.1. The van der Waals surface area contributed by atoms with Crippen molar-refractivity contribution in [2.75, 3.05) is 155 Å². The molecule has 0 bridgehead atoms. The Kier molecular flexibility index (Phi) is 33.9. The van der Waals surface area contributed by atoms with Crippen LogP contribution in [0, 0.1) is 13.8 Å². The highest BCUT2D eigenvalue weighted by Gasteiger charge is 2.30. The predicted octanol–water partition coefficient (Wildman–Crippen LogP) is 0.820. The molecular formula is C57H88N14O19S2. The molecule has 2 aromatic heterocycles. The smallest absolute Gasteiger partial charge is 0.407 e. The average molecular weight is 1340 g/mol. The van der Waals surface area contributed by atoms with Crippen molar-refractivity contribution in [2.45, 2.75) is 76.4 Å². The summed E-state index contributed by atoms with van der Waals surface area (Å²) in [5, 5.41) is 60.6. The number of anilines is 1. The van der Waals surface area contributed by atoms with E-state index < -0.39 is 64.4 Å². The summed E-state index contributed by atoms with van der Waals surface area (Å²) < 4.78 is 58.3. The van der Waals surface area contributed by atoms with E-state index in [1.807, 2.05) is 11.6 Å². The van der Waals surface area contributed by atoms with Gasteiger partial charge in [-0.15, -0.1) is 4.33 Å². The molecule has 5 amide bonds. The van der Waals surface area contributed by atoms with E-state index in [0.717, 1.165) is 11.9 Å². The van der Waals surface area contributed by atoms with E-state index in [-0.39, 0.29) is 87.6 Å². The predicted molar refractivity (Wildman–Crippen MR) is 335 cm³/mol. The molecule has 2 aromatic carbocycles. The van der Waals surface area contributed by atoms with Crippen molar-refractivity contribution in [3.05, 3.63) is 65.6 Å². The molecule has 35 heteroatoms. The normalized spacial score (nSPS) is 14.6. The summed E-state index contributed by atoms with van der Waals surface area (Å²) >= 11 is 0.581. The number of sulfonamides is 1. The summed E-state index contributed by atoms with van der Waals surface area (Å²) in [4.78, 5) is 102. The Bertz CT molecular complexity index is 3030. The fourth-order valence-corrected chi connectivity index (χ4v) is 11.7. The minimum Gasteiger partial charge on any atom is -0.494 e. The van der Waals surface area contributed by atoms with Crippen LogP contribution in [0.15, 0.2) is 53.8 Å². The van der Waals surface area contributed by atoms with Gasteiger partial charge < -0.3 is 75.6 Å². The summed E-state index contributed by atoms with van der Waals surface area (Å²) in [5.41, 5.74) is 1.64. The summed E-state index contributed by atoms with van der Waals surface area (Å²) in [6.45, 7) is 11.1. The number of rotatable bonds is 42. The lowest BCUT2D eigenvalue weighted by Crippen LogP contribution is -2.53. The van der Waals surface area contributed by atoms with E-state index in [4.69, 9.17) is 24.2 Å². The number of H-pyrrole nitrogens is 1. The highest BCUT2D eigenvalue weighted by Crippen LogP contribution is 2.26. The molecule has 0 aliphatic carbocycles. The SMILES string of the molecule is CCN1CCN(CC(=O)O)CCN(CC(=O)N[C@H](CSOOO)C(=O)NCCCOCCOCCOCCCNC(=O)CCCOc2cc(C)c(S(=O)(=O)N[C@@H](CNC(=O)c3ccc4c(cnn4CCCNc4ncc[nH]4)c3)C(=O)O)c(C)c2)CCN(C(=O)O)CC1. The summed E-state index contributed by atoms with van der Waals surface area (Å²) in [6.07, 6.45) is 6.20. The van der Waals surface area contributed by atoms with Crippen molar-refractivity contribution in [2.24, 2.45) is 0 Å². The number of likely N-dealkylation sites (N-methyl/N-ethyl adjacent to an activating group) is 1. The van der Waals surface area contributed by atoms with Crippen molar-refractivity contribution in [3.63, 3.8) is 0 Å². The van der Waals surface area contributed by atoms with Crippen LogP contribution >= 0.6 is 12.0 Å². The number of nitrogens with one attached hydrogen (secondary N) is 7. The number of benzene rings is 2. The number of aromatic nitrogens is 4. The molecule has 1 aliphatic heterocycles. The molecule has 92 heavy (non-hydrogen) atoms. The zero-order chi connectivity index (χ0) is 66.7. The first-order chi connectivity index (χ1) is 44.3. The second-order valence-corrected chi connectivity index (χ2v) is 23.7. The minimum atomic E-state index is -4.40. The molecule has 2 atom stereocenters. The van der Waals surface area contributed by atoms with Crippen LogP contribution in [0.3, 0.4) is 0 Å². The summed E-state index contributed by atoms with van der Waals surface area (Å²) in [5.74, 6) is -3.46. The molecule has 4 aromatic rings. The van der Waals surface area contributed by atoms with Crippen molar-refractivity contribution in [1.82, 2.24) is 65.3 Å². The molecule has 0 radical (unpaired) electrons. The van der Waals surface area contributed by atoms with Crippen LogP contribution in [-0.2, 0) is 64.1 Å². The molecular weight excluding hydrogens is 1250 g/mol. The van der Waals surface area contributed by atoms with Crippen LogP contribution in [0.25, 0.3) is 10.9 Å². The van der Waals surface area contributed by atoms with Crippen LogP contribution in [0.2, 0.25) is 0 Å². The van der Waals surface area contributed by atoms with E-state index in [9.17, 15) is 57.3 Å². The van der Waals surface area contributed by atoms with E-state index in [2.05, 4.69) is 60.6 Å². The first-order valence-electron chi connectivity index (χ1n) is 30.3. The van der Waals surface area contributed by atoms with Crippen molar-refractivity contribution in [1.29, 1.82) is 0 Å². The molecule has 33 nitrogen and oxygen atoms in total. The second-order valence-electron chi connectivity index (χ2n) is 21.3. The number of aryl methyl sites for hydroxylation is 3. The van der Waals surface area contributed by atoms with Gasteiger partial charge in [0.05, 0.1) is 68.5 Å². The number of hydrogen-bond donors (Lipinski definition) is 11. The Balaban J connectivity index is 0.889. The van der Waals surface area contributed by atoms with Crippen LogP contribution in [-0.4, -0.2) is 272 Å². The Morgan fingerprint density at radius 1 is 0.728 bits per heavy atom. The quantitative estimate of drug-likeness (QED) is 0.0127. The van der Waals surface area contributed by atoms with Gasteiger partial charge in [0.1, 0.15) is 17.8 Å². The average Bonchev–Trinajstić information content (AvgIpc) is 1.12. The number of nitrogens with zero attached hydrogens (tertiary/aromatic N) is 7. The first kappa shape index (κ1) is 75.4. The molecule has 0 unspecified atom stereocenters. The zero-order valence-electron chi connectivity index (χ0n) is 52.1. The van der Waals surface area contributed by atoms with Crippen LogP contribution in [0.1, 0.15) is 60.5 Å². The number of carboxylic acid groups (broad SMARTS) is 3. The molecule has 0 saturated carbocycles. The molecule has 512 valence electrons. The van der Waals surface area contributed by atoms with Crippen molar-refractivity contribution in [3.8, 4) is 5.75 Å². The monoisotopic (exact) mass is 1340 g/mol. The molecule has 1 fully saturated rings. The zero-order valence-corrected chi connectivity index (χ0v) is 53.8. The van der Waals surface area contributed by atoms with Gasteiger partial charge >= 0.3 is 18.0 Å². The maximum atomic E-state index is 13.6. The Morgan fingerprint density at radius 2 is 1.37 bits per heavy atom. The highest BCUT2D eigenvalue weighted by atomic mass is 32.2. The van der Waals surface area contributed by atoms with Gasteiger partial charge in [-0.25, -0.2) is 23.5 Å². The third-order valence-corrected chi connectivity index (χ3v) is 16.8. The lowest BCUT2D eigenvalue weighted by molar-refractivity contribution is -0.432. The van der Waals surface area contributed by atoms with Gasteiger partial charge in [-0.05, 0) is 87.5 Å². The Morgan fingerprint density at radius 3 is 2.00 bits per heavy atom. The topological polar surface area (TPSA) is 422 Å². The third-order valence-electron chi connectivity index (χ3n) is 14.4. The first-order valence-corrected chi connectivity index (χ1v) is 32.7. The van der Waals surface area contributed by atoms with Gasteiger partial charge in [0, 0.05) is 140 Å². The third kappa shape index (κ3) is 27.9. The van der Waals surface area contributed by atoms with Gasteiger partial charge in [0.25, 0.3) is 5.91 Å². The second kappa shape index (κ2) is 41.3. The summed E-state index contributed by atoms with van der Waals surface area (Å²) in [7, 11) is -4.40. The molecule has 3 heterocycles. The maximum Gasteiger partial charge on any atom is 0.407 e. The molecule has 1 aliphatic rings. The van der Waals surface area contributed by atoms with E-state index in [0.29, 0.717) is 145 Å². The minimum absolute atomic E-state index is 0.0995. The van der Waals surface area contributed by atoms with Gasteiger partial charge in [-0.1, -0.05) is 12.0 Å². The number of carbonyl (C=O) groups excluding carboxylic acids is 4. The highest BCUT2D eigenvalue weighted by molar-refractivity contribution is 7.94. The number of carboxylic acids is 2. The lowest BCUT2D eigenvalue weighted by Gasteiger charge is -2.32. The molecule has 0 spiro atoms. The van der Waals surface area contributed by atoms with Crippen molar-refractivity contribution >= 4 is 80.6 Å². The number of amides is 5. The van der Waals surface area contributed by atoms with Crippen LogP contribution in [0.4, 0.5) is 10.7 Å². The Hall–Kier alpha value is -7.29. The molecule has 1 saturated heterocycles. The largest absolute Gasteiger partial charge is 0.494 e. The fourth-order valence-electron chi connectivity index (χ4n) is 9.60. The molecule has 5 rings (SSSR count). The number of carbonyl (C=O) groups is 7. The fraction of sp³-hybridized carbons (Fsp3) is 0.596. The number of aromatic amines is 1. The van der Waals surface area contributed by atoms with Crippen LogP contribution < -0.4 is 36.0 Å². The maximum absolute atomic E-state index is 13.6. The van der Waals surface area contributed by atoms with E-state index in [1.165, 1.54) is 17.0 Å². The summed E-state index contributed by atoms with van der Waals surface area (Å²) in [6, 6.07) is 5.17. The number of fused-ring (bicyclic) bond motifs is 1. The van der Waals surface area contributed by atoms with E-state index >= 15 is 0 Å². The number of hydrogen-bond acceptors (Lipinski definition) is 23.